The molecule has 3 rings (SSSR count). The van der Waals surface area contributed by atoms with E-state index in [-0.39, 0.29) is 11.5 Å². The van der Waals surface area contributed by atoms with E-state index in [9.17, 15) is 0 Å². The standard InChI is InChI=1S/C11H13N7S/c1-11(2,9-13-3-4-19-9)17-7-6-5-14-18-8(6)16-10(12)15-7/h3-5H,1-2H3,(H4,12,14,15,16,17,18). The second-order valence-electron chi connectivity index (χ2n) is 4.65. The summed E-state index contributed by atoms with van der Waals surface area (Å²) in [7, 11) is 0. The van der Waals surface area contributed by atoms with Crippen molar-refractivity contribution in [1.82, 2.24) is 25.1 Å². The molecule has 0 aliphatic carbocycles. The largest absolute Gasteiger partial charge is 0.368 e. The van der Waals surface area contributed by atoms with Gasteiger partial charge in [0.05, 0.1) is 17.1 Å². The molecule has 0 saturated carbocycles. The average molecular weight is 275 g/mol. The number of nitrogens with two attached hydrogens (primary N) is 1. The molecule has 3 heterocycles. The van der Waals surface area contributed by atoms with Gasteiger partial charge in [-0.25, -0.2) is 4.98 Å². The minimum atomic E-state index is -0.348. The zero-order valence-corrected chi connectivity index (χ0v) is 11.3. The van der Waals surface area contributed by atoms with E-state index in [4.69, 9.17) is 5.73 Å². The lowest BCUT2D eigenvalue weighted by atomic mass is 10.1. The van der Waals surface area contributed by atoms with Crippen molar-refractivity contribution >= 4 is 34.1 Å². The zero-order chi connectivity index (χ0) is 13.5. The predicted octanol–water partition coefficient (Wildman–Crippen LogP) is 1.74. The quantitative estimate of drug-likeness (QED) is 0.672. The minimum absolute atomic E-state index is 0.203. The predicted molar refractivity (Wildman–Crippen MR) is 74.9 cm³/mol. The van der Waals surface area contributed by atoms with Crippen LogP contribution < -0.4 is 11.1 Å². The van der Waals surface area contributed by atoms with Gasteiger partial charge in [0.15, 0.2) is 5.65 Å². The number of anilines is 2. The second-order valence-corrected chi connectivity index (χ2v) is 5.54. The van der Waals surface area contributed by atoms with Crippen molar-refractivity contribution in [3.05, 3.63) is 22.8 Å². The monoisotopic (exact) mass is 275 g/mol. The van der Waals surface area contributed by atoms with Crippen LogP contribution >= 0.6 is 11.3 Å². The van der Waals surface area contributed by atoms with Crippen LogP contribution in [0.15, 0.2) is 17.8 Å². The number of hydrogen-bond acceptors (Lipinski definition) is 7. The number of nitrogen functional groups attached to an aromatic ring is 1. The van der Waals surface area contributed by atoms with Crippen molar-refractivity contribution in [2.24, 2.45) is 0 Å². The maximum atomic E-state index is 5.70. The highest BCUT2D eigenvalue weighted by molar-refractivity contribution is 7.09. The second kappa shape index (κ2) is 4.16. The van der Waals surface area contributed by atoms with Gasteiger partial charge in [0, 0.05) is 11.6 Å². The highest BCUT2D eigenvalue weighted by Gasteiger charge is 2.25. The first kappa shape index (κ1) is 11.8. The van der Waals surface area contributed by atoms with Crippen LogP contribution in [0, 0.1) is 0 Å². The minimum Gasteiger partial charge on any atom is -0.368 e. The number of rotatable bonds is 3. The van der Waals surface area contributed by atoms with E-state index in [0.717, 1.165) is 10.4 Å². The molecule has 0 fully saturated rings. The molecule has 0 unspecified atom stereocenters. The third-order valence-corrected chi connectivity index (χ3v) is 3.82. The maximum absolute atomic E-state index is 5.70. The summed E-state index contributed by atoms with van der Waals surface area (Å²) in [5.74, 6) is 0.852. The Morgan fingerprint density at radius 3 is 2.95 bits per heavy atom. The lowest BCUT2D eigenvalue weighted by molar-refractivity contribution is 0.602. The van der Waals surface area contributed by atoms with Crippen molar-refractivity contribution in [2.45, 2.75) is 19.4 Å². The lowest BCUT2D eigenvalue weighted by Crippen LogP contribution is -2.28. The Hall–Kier alpha value is -2.22. The number of nitrogens with zero attached hydrogens (tertiary/aromatic N) is 4. The normalized spacial score (nSPS) is 11.9. The Morgan fingerprint density at radius 2 is 2.21 bits per heavy atom. The fourth-order valence-electron chi connectivity index (χ4n) is 1.83. The Kier molecular flexibility index (Phi) is 2.59. The summed E-state index contributed by atoms with van der Waals surface area (Å²) >= 11 is 1.59. The van der Waals surface area contributed by atoms with E-state index < -0.39 is 0 Å². The SMILES string of the molecule is CC(C)(Nc1nc(N)nc2[nH]ncc12)c1nccs1. The molecule has 0 aliphatic rings. The van der Waals surface area contributed by atoms with Gasteiger partial charge in [-0.1, -0.05) is 0 Å². The summed E-state index contributed by atoms with van der Waals surface area (Å²) < 4.78 is 0. The molecule has 98 valence electrons. The molecule has 3 aromatic rings. The lowest BCUT2D eigenvalue weighted by Gasteiger charge is -2.24. The molecule has 19 heavy (non-hydrogen) atoms. The Bertz CT molecular complexity index is 701. The number of H-pyrrole nitrogens is 1. The van der Waals surface area contributed by atoms with E-state index in [1.807, 2.05) is 19.2 Å². The molecule has 4 N–H and O–H groups in total. The topological polar surface area (TPSA) is 105 Å². The third kappa shape index (κ3) is 2.10. The summed E-state index contributed by atoms with van der Waals surface area (Å²) in [5.41, 5.74) is 5.97. The first-order valence-electron chi connectivity index (χ1n) is 5.71. The van der Waals surface area contributed by atoms with Crippen LogP contribution in [-0.4, -0.2) is 25.1 Å². The van der Waals surface area contributed by atoms with Gasteiger partial charge < -0.3 is 11.1 Å². The van der Waals surface area contributed by atoms with Crippen molar-refractivity contribution in [3.63, 3.8) is 0 Å². The summed E-state index contributed by atoms with van der Waals surface area (Å²) in [6.45, 7) is 4.08. The van der Waals surface area contributed by atoms with Crippen LogP contribution in [-0.2, 0) is 5.54 Å². The van der Waals surface area contributed by atoms with Gasteiger partial charge in [-0.15, -0.1) is 11.3 Å². The number of hydrogen-bond donors (Lipinski definition) is 3. The zero-order valence-electron chi connectivity index (χ0n) is 10.5. The Labute approximate surface area is 113 Å². The Balaban J connectivity index is 2.03. The number of aromatic nitrogens is 5. The molecule has 0 radical (unpaired) electrons. The van der Waals surface area contributed by atoms with Crippen LogP contribution in [0.1, 0.15) is 18.9 Å². The summed E-state index contributed by atoms with van der Waals surface area (Å²) in [6, 6.07) is 0. The fourth-order valence-corrected chi connectivity index (χ4v) is 2.55. The number of thiazole rings is 1. The third-order valence-electron chi connectivity index (χ3n) is 2.72. The van der Waals surface area contributed by atoms with Gasteiger partial charge in [0.1, 0.15) is 10.8 Å². The van der Waals surface area contributed by atoms with Crippen LogP contribution in [0.3, 0.4) is 0 Å². The molecular formula is C11H13N7S. The number of aromatic amines is 1. The Morgan fingerprint density at radius 1 is 1.37 bits per heavy atom. The van der Waals surface area contributed by atoms with Crippen LogP contribution in [0.2, 0.25) is 0 Å². The molecule has 0 amide bonds. The average Bonchev–Trinajstić information content (AvgIpc) is 2.98. The summed E-state index contributed by atoms with van der Waals surface area (Å²) in [5, 5.41) is 13.8. The van der Waals surface area contributed by atoms with E-state index in [1.165, 1.54) is 0 Å². The molecule has 8 heteroatoms. The van der Waals surface area contributed by atoms with E-state index in [0.29, 0.717) is 11.5 Å². The van der Waals surface area contributed by atoms with Crippen molar-refractivity contribution in [2.75, 3.05) is 11.1 Å². The summed E-state index contributed by atoms with van der Waals surface area (Å²) in [6.07, 6.45) is 3.46. The van der Waals surface area contributed by atoms with Gasteiger partial charge in [0.2, 0.25) is 5.95 Å². The number of nitrogens with one attached hydrogen (secondary N) is 2. The molecule has 0 aromatic carbocycles. The van der Waals surface area contributed by atoms with Gasteiger partial charge in [0.25, 0.3) is 0 Å². The van der Waals surface area contributed by atoms with Crippen LogP contribution in [0.4, 0.5) is 11.8 Å². The molecule has 7 nitrogen and oxygen atoms in total. The molecular weight excluding hydrogens is 262 g/mol. The van der Waals surface area contributed by atoms with Crippen LogP contribution in [0.25, 0.3) is 11.0 Å². The molecule has 0 aliphatic heterocycles. The molecule has 0 saturated heterocycles. The highest BCUT2D eigenvalue weighted by atomic mass is 32.1. The van der Waals surface area contributed by atoms with Crippen LogP contribution in [0.5, 0.6) is 0 Å². The van der Waals surface area contributed by atoms with Crippen molar-refractivity contribution < 1.29 is 0 Å². The van der Waals surface area contributed by atoms with E-state index in [2.05, 4.69) is 30.5 Å². The van der Waals surface area contributed by atoms with Gasteiger partial charge in [-0.3, -0.25) is 5.10 Å². The molecule has 0 atom stereocenters. The smallest absolute Gasteiger partial charge is 0.224 e. The van der Waals surface area contributed by atoms with Gasteiger partial charge >= 0.3 is 0 Å². The van der Waals surface area contributed by atoms with Crippen molar-refractivity contribution in [3.8, 4) is 0 Å². The first-order valence-corrected chi connectivity index (χ1v) is 6.59. The van der Waals surface area contributed by atoms with Gasteiger partial charge in [-0.2, -0.15) is 15.1 Å². The fraction of sp³-hybridized carbons (Fsp3) is 0.273. The summed E-state index contributed by atoms with van der Waals surface area (Å²) in [4.78, 5) is 12.7. The van der Waals surface area contributed by atoms with E-state index >= 15 is 0 Å². The van der Waals surface area contributed by atoms with E-state index in [1.54, 1.807) is 23.7 Å². The molecule has 3 aromatic heterocycles. The van der Waals surface area contributed by atoms with Crippen molar-refractivity contribution in [1.29, 1.82) is 0 Å². The molecule has 0 bridgehead atoms. The number of fused-ring (bicyclic) bond motifs is 1. The maximum Gasteiger partial charge on any atom is 0.224 e. The highest BCUT2D eigenvalue weighted by Crippen LogP contribution is 2.29. The molecule has 0 spiro atoms. The first-order chi connectivity index (χ1) is 9.06. The van der Waals surface area contributed by atoms with Gasteiger partial charge in [-0.05, 0) is 13.8 Å².